The minimum atomic E-state index is -0.0535. The number of thiazole rings is 1. The molecule has 1 fully saturated rings. The molecule has 0 aliphatic heterocycles. The van der Waals surface area contributed by atoms with Crippen LogP contribution in [0, 0.1) is 6.92 Å². The number of aromatic nitrogens is 3. The van der Waals surface area contributed by atoms with E-state index >= 15 is 0 Å². The largest absolute Gasteiger partial charge is 0.359 e. The zero-order valence-corrected chi connectivity index (χ0v) is 15.1. The summed E-state index contributed by atoms with van der Waals surface area (Å²) < 4.78 is 0. The first kappa shape index (κ1) is 15.8. The van der Waals surface area contributed by atoms with E-state index in [4.69, 9.17) is 0 Å². The molecule has 0 saturated heterocycles. The van der Waals surface area contributed by atoms with E-state index in [1.165, 1.54) is 29.0 Å². The molecule has 1 aliphatic carbocycles. The van der Waals surface area contributed by atoms with Crippen LogP contribution >= 0.6 is 23.1 Å². The fourth-order valence-corrected chi connectivity index (χ4v) is 5.33. The van der Waals surface area contributed by atoms with Gasteiger partial charge in [0.1, 0.15) is 0 Å². The Morgan fingerprint density at radius 2 is 2.25 bits per heavy atom. The number of H-pyrrole nitrogens is 2. The average molecular weight is 361 g/mol. The van der Waals surface area contributed by atoms with Crippen LogP contribution in [0.2, 0.25) is 0 Å². The van der Waals surface area contributed by atoms with Crippen molar-refractivity contribution in [2.45, 2.75) is 48.8 Å². The van der Waals surface area contributed by atoms with Crippen LogP contribution in [0.5, 0.6) is 0 Å². The summed E-state index contributed by atoms with van der Waals surface area (Å²) in [6.07, 6.45) is 6.75. The quantitative estimate of drug-likeness (QED) is 0.654. The van der Waals surface area contributed by atoms with Gasteiger partial charge < -0.3 is 5.32 Å². The predicted molar refractivity (Wildman–Crippen MR) is 101 cm³/mol. The monoisotopic (exact) mass is 360 g/mol. The summed E-state index contributed by atoms with van der Waals surface area (Å²) in [5, 5.41) is 11.5. The third-order valence-corrected chi connectivity index (χ3v) is 6.56. The van der Waals surface area contributed by atoms with Crippen molar-refractivity contribution in [1.82, 2.24) is 15.2 Å². The predicted octanol–water partition coefficient (Wildman–Crippen LogP) is 4.14. The van der Waals surface area contributed by atoms with Crippen LogP contribution < -0.4 is 10.9 Å². The van der Waals surface area contributed by atoms with E-state index in [0.29, 0.717) is 11.3 Å². The second-order valence-electron chi connectivity index (χ2n) is 6.31. The maximum absolute atomic E-state index is 11.6. The van der Waals surface area contributed by atoms with Gasteiger partial charge in [-0.2, -0.15) is 0 Å². The molecule has 0 bridgehead atoms. The molecule has 0 radical (unpaired) electrons. The third kappa shape index (κ3) is 3.37. The van der Waals surface area contributed by atoms with Crippen LogP contribution in [0.25, 0.3) is 10.9 Å². The normalized spacial score (nSPS) is 21.2. The van der Waals surface area contributed by atoms with Gasteiger partial charge in [-0.05, 0) is 44.4 Å². The smallest absolute Gasteiger partial charge is 0.271 e. The average Bonchev–Trinajstić information content (AvgIpc) is 3.14. The molecule has 0 spiro atoms. The third-order valence-electron chi connectivity index (χ3n) is 4.42. The molecular formula is C17H20N4OS2. The number of aryl methyl sites for hydroxylation is 1. The zero-order valence-electron chi connectivity index (χ0n) is 13.5. The minimum absolute atomic E-state index is 0.0535. The van der Waals surface area contributed by atoms with Crippen molar-refractivity contribution in [2.24, 2.45) is 0 Å². The maximum Gasteiger partial charge on any atom is 0.271 e. The van der Waals surface area contributed by atoms with Crippen molar-refractivity contribution in [3.8, 4) is 0 Å². The van der Waals surface area contributed by atoms with Crippen LogP contribution in [0.3, 0.4) is 0 Å². The van der Waals surface area contributed by atoms with Crippen LogP contribution in [-0.4, -0.2) is 26.5 Å². The van der Waals surface area contributed by atoms with Crippen molar-refractivity contribution in [3.63, 3.8) is 0 Å². The second kappa shape index (κ2) is 6.64. The van der Waals surface area contributed by atoms with Gasteiger partial charge in [-0.1, -0.05) is 6.42 Å². The molecule has 1 aromatic carbocycles. The van der Waals surface area contributed by atoms with E-state index in [2.05, 4.69) is 39.6 Å². The molecule has 2 unspecified atom stereocenters. The van der Waals surface area contributed by atoms with E-state index in [1.807, 2.05) is 24.0 Å². The Bertz CT molecular complexity index is 897. The molecular weight excluding hydrogens is 340 g/mol. The summed E-state index contributed by atoms with van der Waals surface area (Å²) in [4.78, 5) is 18.5. The van der Waals surface area contributed by atoms with Gasteiger partial charge in [-0.25, -0.2) is 4.98 Å². The van der Waals surface area contributed by atoms with Crippen LogP contribution in [0.15, 0.2) is 34.1 Å². The number of nitrogens with zero attached hydrogens (tertiary/aromatic N) is 1. The van der Waals surface area contributed by atoms with Crippen molar-refractivity contribution < 1.29 is 0 Å². The summed E-state index contributed by atoms with van der Waals surface area (Å²) in [6.45, 7) is 2.09. The number of anilines is 1. The van der Waals surface area contributed by atoms with Gasteiger partial charge in [0.25, 0.3) is 5.56 Å². The Kier molecular flexibility index (Phi) is 4.37. The molecule has 4 rings (SSSR count). The van der Waals surface area contributed by atoms with Crippen LogP contribution in [0.4, 0.5) is 5.13 Å². The highest BCUT2D eigenvalue weighted by atomic mass is 32.2. The van der Waals surface area contributed by atoms with E-state index < -0.39 is 0 Å². The molecule has 2 heterocycles. The fourth-order valence-electron chi connectivity index (χ4n) is 3.26. The summed E-state index contributed by atoms with van der Waals surface area (Å²) in [7, 11) is 0. The number of thioether (sulfide) groups is 1. The summed E-state index contributed by atoms with van der Waals surface area (Å²) in [5.74, 6) is 0. The number of nitrogens with one attached hydrogen (secondary N) is 3. The minimum Gasteiger partial charge on any atom is -0.359 e. The van der Waals surface area contributed by atoms with Gasteiger partial charge in [0.2, 0.25) is 0 Å². The van der Waals surface area contributed by atoms with E-state index in [9.17, 15) is 4.79 Å². The SMILES string of the molecule is Cc1cnc(NC2CCCC(Sc3ccc4c(=O)[nH][nH]c4c3)C2)s1. The lowest BCUT2D eigenvalue weighted by Gasteiger charge is -2.29. The van der Waals surface area contributed by atoms with E-state index in [-0.39, 0.29) is 5.56 Å². The highest BCUT2D eigenvalue weighted by molar-refractivity contribution is 8.00. The topological polar surface area (TPSA) is 73.6 Å². The lowest BCUT2D eigenvalue weighted by Crippen LogP contribution is -2.28. The first-order chi connectivity index (χ1) is 11.7. The van der Waals surface area contributed by atoms with Gasteiger partial charge >= 0.3 is 0 Å². The maximum atomic E-state index is 11.6. The molecule has 2 aromatic heterocycles. The van der Waals surface area contributed by atoms with Gasteiger partial charge in [0.15, 0.2) is 5.13 Å². The van der Waals surface area contributed by atoms with Gasteiger partial charge in [-0.15, -0.1) is 23.1 Å². The molecule has 126 valence electrons. The molecule has 24 heavy (non-hydrogen) atoms. The number of benzene rings is 1. The zero-order chi connectivity index (χ0) is 16.5. The Hall–Kier alpha value is -1.73. The van der Waals surface area contributed by atoms with Crippen molar-refractivity contribution in [1.29, 1.82) is 0 Å². The van der Waals surface area contributed by atoms with Gasteiger partial charge in [-0.3, -0.25) is 15.0 Å². The molecule has 1 aliphatic rings. The molecule has 5 nitrogen and oxygen atoms in total. The molecule has 1 saturated carbocycles. The van der Waals surface area contributed by atoms with Gasteiger partial charge in [0, 0.05) is 27.3 Å². The Labute approximate surface area is 148 Å². The highest BCUT2D eigenvalue weighted by Gasteiger charge is 2.23. The van der Waals surface area contributed by atoms with Crippen LogP contribution in [0.1, 0.15) is 30.6 Å². The number of aromatic amines is 2. The highest BCUT2D eigenvalue weighted by Crippen LogP contribution is 2.35. The Morgan fingerprint density at radius 3 is 3.08 bits per heavy atom. The van der Waals surface area contributed by atoms with Crippen LogP contribution in [-0.2, 0) is 0 Å². The molecule has 0 amide bonds. The number of hydrogen-bond acceptors (Lipinski definition) is 5. The molecule has 7 heteroatoms. The number of rotatable bonds is 4. The van der Waals surface area contributed by atoms with Gasteiger partial charge in [0.05, 0.1) is 10.9 Å². The standard InChI is InChI=1S/C17H20N4OS2/c1-10-9-18-17(23-10)19-11-3-2-4-12(7-11)24-13-5-6-14-15(8-13)20-21-16(14)22/h5-6,8-9,11-12H,2-4,7H2,1H3,(H,18,19)(H2,20,21,22). The summed E-state index contributed by atoms with van der Waals surface area (Å²) >= 11 is 3.64. The van der Waals surface area contributed by atoms with Crippen molar-refractivity contribution in [2.75, 3.05) is 5.32 Å². The summed E-state index contributed by atoms with van der Waals surface area (Å²) in [5.41, 5.74) is 0.830. The first-order valence-electron chi connectivity index (χ1n) is 8.23. The second-order valence-corrected chi connectivity index (χ2v) is 8.92. The summed E-state index contributed by atoms with van der Waals surface area (Å²) in [6, 6.07) is 6.53. The van der Waals surface area contributed by atoms with E-state index in [0.717, 1.165) is 22.5 Å². The lowest BCUT2D eigenvalue weighted by atomic mass is 9.95. The molecule has 3 N–H and O–H groups in total. The van der Waals surface area contributed by atoms with Crippen molar-refractivity contribution in [3.05, 3.63) is 39.6 Å². The first-order valence-corrected chi connectivity index (χ1v) is 9.93. The Balaban J connectivity index is 1.42. The number of fused-ring (bicyclic) bond motifs is 1. The Morgan fingerprint density at radius 1 is 1.33 bits per heavy atom. The number of hydrogen-bond donors (Lipinski definition) is 3. The fraction of sp³-hybridized carbons (Fsp3) is 0.412. The molecule has 2 atom stereocenters. The lowest BCUT2D eigenvalue weighted by molar-refractivity contribution is 0.473. The van der Waals surface area contributed by atoms with Crippen molar-refractivity contribution >= 4 is 39.1 Å². The van der Waals surface area contributed by atoms with E-state index in [1.54, 1.807) is 11.3 Å². The molecule has 3 aromatic rings.